The minimum absolute atomic E-state index is 0.0972. The van der Waals surface area contributed by atoms with E-state index in [0.29, 0.717) is 11.4 Å². The lowest BCUT2D eigenvalue weighted by molar-refractivity contribution is -0.0498. The van der Waals surface area contributed by atoms with Gasteiger partial charge in [0, 0.05) is 12.6 Å². The molecule has 0 amide bonds. The fraction of sp³-hybridized carbons (Fsp3) is 0.200. The average Bonchev–Trinajstić information content (AvgIpc) is 2.64. The van der Waals surface area contributed by atoms with E-state index in [-0.39, 0.29) is 5.75 Å². The lowest BCUT2D eigenvalue weighted by atomic mass is 10.2. The van der Waals surface area contributed by atoms with E-state index in [1.54, 1.807) is 19.2 Å². The SMILES string of the molecule is Cn1cnc(-c2cccc(OC(F)F)c2)n1. The van der Waals surface area contributed by atoms with E-state index in [2.05, 4.69) is 14.8 Å². The van der Waals surface area contributed by atoms with Crippen molar-refractivity contribution in [3.63, 3.8) is 0 Å². The van der Waals surface area contributed by atoms with E-state index in [9.17, 15) is 8.78 Å². The van der Waals surface area contributed by atoms with E-state index in [0.717, 1.165) is 0 Å². The fourth-order valence-electron chi connectivity index (χ4n) is 1.28. The van der Waals surface area contributed by atoms with Gasteiger partial charge in [0.05, 0.1) is 0 Å². The number of aromatic nitrogens is 3. The van der Waals surface area contributed by atoms with Crippen molar-refractivity contribution in [2.45, 2.75) is 6.61 Å². The van der Waals surface area contributed by atoms with Crippen molar-refractivity contribution in [1.82, 2.24) is 14.8 Å². The molecule has 4 nitrogen and oxygen atoms in total. The predicted molar refractivity (Wildman–Crippen MR) is 53.1 cm³/mol. The van der Waals surface area contributed by atoms with Gasteiger partial charge in [0.25, 0.3) is 0 Å². The Balaban J connectivity index is 2.28. The maximum absolute atomic E-state index is 12.0. The molecule has 1 aromatic carbocycles. The van der Waals surface area contributed by atoms with Crippen LogP contribution in [0.15, 0.2) is 30.6 Å². The van der Waals surface area contributed by atoms with Gasteiger partial charge >= 0.3 is 6.61 Å². The van der Waals surface area contributed by atoms with Gasteiger partial charge in [-0.15, -0.1) is 0 Å². The number of aryl methyl sites for hydroxylation is 1. The van der Waals surface area contributed by atoms with Crippen LogP contribution in [0.2, 0.25) is 0 Å². The molecular formula is C10H9F2N3O. The molecule has 1 aromatic heterocycles. The molecule has 0 unspecified atom stereocenters. The van der Waals surface area contributed by atoms with Crippen LogP contribution in [0, 0.1) is 0 Å². The van der Waals surface area contributed by atoms with Crippen LogP contribution in [0.3, 0.4) is 0 Å². The number of alkyl halides is 2. The minimum atomic E-state index is -2.83. The fourth-order valence-corrected chi connectivity index (χ4v) is 1.28. The number of halogens is 2. The van der Waals surface area contributed by atoms with Crippen LogP contribution in [-0.4, -0.2) is 21.4 Å². The van der Waals surface area contributed by atoms with Gasteiger partial charge in [-0.25, -0.2) is 4.98 Å². The highest BCUT2D eigenvalue weighted by Gasteiger charge is 2.07. The molecule has 16 heavy (non-hydrogen) atoms. The van der Waals surface area contributed by atoms with Crippen molar-refractivity contribution >= 4 is 0 Å². The zero-order chi connectivity index (χ0) is 11.5. The van der Waals surface area contributed by atoms with E-state index in [4.69, 9.17) is 0 Å². The van der Waals surface area contributed by atoms with Crippen LogP contribution in [0.1, 0.15) is 0 Å². The Morgan fingerprint density at radius 3 is 2.81 bits per heavy atom. The molecule has 0 atom stereocenters. The quantitative estimate of drug-likeness (QED) is 0.802. The van der Waals surface area contributed by atoms with Crippen LogP contribution in [-0.2, 0) is 7.05 Å². The number of rotatable bonds is 3. The summed E-state index contributed by atoms with van der Waals surface area (Å²) in [5.74, 6) is 0.571. The van der Waals surface area contributed by atoms with Crippen molar-refractivity contribution in [3.8, 4) is 17.1 Å². The second-order valence-corrected chi connectivity index (χ2v) is 3.15. The lowest BCUT2D eigenvalue weighted by Gasteiger charge is -2.04. The molecular weight excluding hydrogens is 216 g/mol. The first-order valence-corrected chi connectivity index (χ1v) is 4.56. The summed E-state index contributed by atoms with van der Waals surface area (Å²) in [6.45, 7) is -2.83. The number of benzene rings is 1. The molecule has 0 saturated carbocycles. The highest BCUT2D eigenvalue weighted by Crippen LogP contribution is 2.21. The summed E-state index contributed by atoms with van der Waals surface area (Å²) in [5.41, 5.74) is 0.638. The summed E-state index contributed by atoms with van der Waals surface area (Å²) in [6.07, 6.45) is 1.54. The van der Waals surface area contributed by atoms with Crippen LogP contribution in [0.4, 0.5) is 8.78 Å². The van der Waals surface area contributed by atoms with Crippen LogP contribution in [0.5, 0.6) is 5.75 Å². The lowest BCUT2D eigenvalue weighted by Crippen LogP contribution is -2.01. The smallest absolute Gasteiger partial charge is 0.387 e. The molecule has 0 saturated heterocycles. The van der Waals surface area contributed by atoms with Gasteiger partial charge in [-0.1, -0.05) is 12.1 Å². The van der Waals surface area contributed by atoms with Gasteiger partial charge in [0.2, 0.25) is 0 Å². The summed E-state index contributed by atoms with van der Waals surface area (Å²) in [4.78, 5) is 4.02. The third-order valence-corrected chi connectivity index (χ3v) is 1.92. The number of ether oxygens (including phenoxy) is 1. The van der Waals surface area contributed by atoms with Gasteiger partial charge in [0.1, 0.15) is 12.1 Å². The Labute approximate surface area is 90.5 Å². The molecule has 0 radical (unpaired) electrons. The Bertz CT molecular complexity index is 484. The van der Waals surface area contributed by atoms with E-state index >= 15 is 0 Å². The molecule has 0 bridgehead atoms. The monoisotopic (exact) mass is 225 g/mol. The van der Waals surface area contributed by atoms with Crippen molar-refractivity contribution < 1.29 is 13.5 Å². The standard InChI is InChI=1S/C10H9F2N3O/c1-15-6-13-9(14-15)7-3-2-4-8(5-7)16-10(11)12/h2-6,10H,1H3. The first-order chi connectivity index (χ1) is 7.65. The first-order valence-electron chi connectivity index (χ1n) is 4.56. The van der Waals surface area contributed by atoms with Crippen LogP contribution >= 0.6 is 0 Å². The van der Waals surface area contributed by atoms with Crippen molar-refractivity contribution in [2.24, 2.45) is 7.05 Å². The Morgan fingerprint density at radius 2 is 2.19 bits per heavy atom. The molecule has 0 N–H and O–H groups in total. The minimum Gasteiger partial charge on any atom is -0.435 e. The number of hydrogen-bond donors (Lipinski definition) is 0. The zero-order valence-electron chi connectivity index (χ0n) is 8.47. The van der Waals surface area contributed by atoms with Gasteiger partial charge in [-0.3, -0.25) is 4.68 Å². The molecule has 0 aliphatic heterocycles. The Morgan fingerprint density at radius 1 is 1.38 bits per heavy atom. The first kappa shape index (κ1) is 10.5. The van der Waals surface area contributed by atoms with Gasteiger partial charge in [-0.2, -0.15) is 13.9 Å². The number of nitrogens with zero attached hydrogens (tertiary/aromatic N) is 3. The summed E-state index contributed by atoms with van der Waals surface area (Å²) >= 11 is 0. The molecule has 0 spiro atoms. The summed E-state index contributed by atoms with van der Waals surface area (Å²) < 4.78 is 29.8. The van der Waals surface area contributed by atoms with E-state index in [1.807, 2.05) is 0 Å². The topological polar surface area (TPSA) is 39.9 Å². The highest BCUT2D eigenvalue weighted by atomic mass is 19.3. The highest BCUT2D eigenvalue weighted by molar-refractivity contribution is 5.56. The summed E-state index contributed by atoms with van der Waals surface area (Å²) in [5, 5.41) is 4.06. The Hall–Kier alpha value is -1.98. The van der Waals surface area contributed by atoms with Crippen molar-refractivity contribution in [1.29, 1.82) is 0 Å². The largest absolute Gasteiger partial charge is 0.435 e. The van der Waals surface area contributed by atoms with Gasteiger partial charge in [-0.05, 0) is 12.1 Å². The second-order valence-electron chi connectivity index (χ2n) is 3.15. The van der Waals surface area contributed by atoms with Gasteiger partial charge < -0.3 is 4.74 Å². The maximum Gasteiger partial charge on any atom is 0.387 e. The third kappa shape index (κ3) is 2.33. The van der Waals surface area contributed by atoms with Crippen molar-refractivity contribution in [2.75, 3.05) is 0 Å². The average molecular weight is 225 g/mol. The molecule has 6 heteroatoms. The maximum atomic E-state index is 12.0. The molecule has 84 valence electrons. The number of hydrogen-bond acceptors (Lipinski definition) is 3. The zero-order valence-corrected chi connectivity index (χ0v) is 8.47. The normalized spacial score (nSPS) is 10.8. The predicted octanol–water partition coefficient (Wildman–Crippen LogP) is 2.08. The van der Waals surface area contributed by atoms with Crippen LogP contribution < -0.4 is 4.74 Å². The third-order valence-electron chi connectivity index (χ3n) is 1.92. The van der Waals surface area contributed by atoms with E-state index in [1.165, 1.54) is 23.1 Å². The molecule has 0 aliphatic rings. The summed E-state index contributed by atoms with van der Waals surface area (Å²) in [7, 11) is 1.73. The second kappa shape index (κ2) is 4.26. The molecule has 0 fully saturated rings. The van der Waals surface area contributed by atoms with Crippen molar-refractivity contribution in [3.05, 3.63) is 30.6 Å². The Kier molecular flexibility index (Phi) is 2.80. The van der Waals surface area contributed by atoms with Gasteiger partial charge in [0.15, 0.2) is 5.82 Å². The summed E-state index contributed by atoms with van der Waals surface area (Å²) in [6, 6.07) is 6.27. The van der Waals surface area contributed by atoms with E-state index < -0.39 is 6.61 Å². The molecule has 2 rings (SSSR count). The van der Waals surface area contributed by atoms with Crippen LogP contribution in [0.25, 0.3) is 11.4 Å². The molecule has 0 aliphatic carbocycles. The molecule has 2 aromatic rings. The molecule has 1 heterocycles.